The fraction of sp³-hybridized carbons (Fsp3) is 0.211. The van der Waals surface area contributed by atoms with Gasteiger partial charge < -0.3 is 15.7 Å². The minimum absolute atomic E-state index is 0.309. The molecule has 6 heteroatoms. The number of anilines is 1. The second kappa shape index (κ2) is 7.17. The quantitative estimate of drug-likeness (QED) is 0.752. The van der Waals surface area contributed by atoms with Crippen LogP contribution in [0.3, 0.4) is 0 Å². The van der Waals surface area contributed by atoms with Gasteiger partial charge in [0.15, 0.2) is 0 Å². The third kappa shape index (κ3) is 4.03. The summed E-state index contributed by atoms with van der Waals surface area (Å²) in [6.07, 6.45) is 0.309. The van der Waals surface area contributed by atoms with Crippen molar-refractivity contribution in [3.8, 4) is 0 Å². The lowest BCUT2D eigenvalue weighted by Gasteiger charge is -2.19. The number of carbonyl (C=O) groups excluding carboxylic acids is 2. The second-order valence-corrected chi connectivity index (χ2v) is 5.99. The van der Waals surface area contributed by atoms with Gasteiger partial charge in [-0.05, 0) is 24.1 Å². The molecule has 25 heavy (non-hydrogen) atoms. The van der Waals surface area contributed by atoms with Gasteiger partial charge in [-0.1, -0.05) is 48.5 Å². The zero-order valence-electron chi connectivity index (χ0n) is 13.4. The standard InChI is InChI=1S/C19H18N2O4/c22-17(14-11-15(14)19(24)25)21-16(12-7-3-1-4-8-12)18(23)20-13-9-5-2-6-10-13/h1-10,14-16H,11H2,(H,20,23)(H,21,22)(H,24,25). The Labute approximate surface area is 144 Å². The molecule has 2 aromatic carbocycles. The molecule has 2 aromatic rings. The highest BCUT2D eigenvalue weighted by molar-refractivity contribution is 5.99. The van der Waals surface area contributed by atoms with Gasteiger partial charge in [0.05, 0.1) is 11.8 Å². The van der Waals surface area contributed by atoms with Crippen molar-refractivity contribution in [2.75, 3.05) is 5.32 Å². The lowest BCUT2D eigenvalue weighted by molar-refractivity contribution is -0.140. The van der Waals surface area contributed by atoms with E-state index in [0.717, 1.165) is 0 Å². The van der Waals surface area contributed by atoms with Crippen LogP contribution in [0.25, 0.3) is 0 Å². The molecular formula is C19H18N2O4. The van der Waals surface area contributed by atoms with Crippen LogP contribution in [0.15, 0.2) is 60.7 Å². The van der Waals surface area contributed by atoms with Crippen molar-refractivity contribution in [1.29, 1.82) is 0 Å². The minimum atomic E-state index is -0.981. The fourth-order valence-electron chi connectivity index (χ4n) is 2.69. The van der Waals surface area contributed by atoms with Gasteiger partial charge in [0.1, 0.15) is 6.04 Å². The van der Waals surface area contributed by atoms with Gasteiger partial charge in [-0.2, -0.15) is 0 Å². The van der Waals surface area contributed by atoms with E-state index in [1.54, 1.807) is 48.5 Å². The number of carboxylic acid groups (broad SMARTS) is 1. The van der Waals surface area contributed by atoms with Crippen LogP contribution in [0.5, 0.6) is 0 Å². The molecule has 6 nitrogen and oxygen atoms in total. The Hall–Kier alpha value is -3.15. The number of para-hydroxylation sites is 1. The van der Waals surface area contributed by atoms with E-state index in [-0.39, 0.29) is 5.91 Å². The highest BCUT2D eigenvalue weighted by Gasteiger charge is 2.49. The van der Waals surface area contributed by atoms with E-state index in [1.165, 1.54) is 0 Å². The first-order valence-corrected chi connectivity index (χ1v) is 8.00. The number of benzene rings is 2. The SMILES string of the molecule is O=C(Nc1ccccc1)C(NC(=O)C1CC1C(=O)O)c1ccccc1. The largest absolute Gasteiger partial charge is 0.481 e. The summed E-state index contributed by atoms with van der Waals surface area (Å²) in [4.78, 5) is 35.9. The number of hydrogen-bond donors (Lipinski definition) is 3. The van der Waals surface area contributed by atoms with Crippen LogP contribution in [0.2, 0.25) is 0 Å². The maximum absolute atomic E-state index is 12.7. The van der Waals surface area contributed by atoms with Gasteiger partial charge in [0.25, 0.3) is 5.91 Å². The third-order valence-corrected chi connectivity index (χ3v) is 4.17. The van der Waals surface area contributed by atoms with Crippen LogP contribution >= 0.6 is 0 Å². The summed E-state index contributed by atoms with van der Waals surface area (Å²) in [5, 5.41) is 14.4. The average molecular weight is 338 g/mol. The maximum Gasteiger partial charge on any atom is 0.307 e. The zero-order chi connectivity index (χ0) is 17.8. The van der Waals surface area contributed by atoms with E-state index in [2.05, 4.69) is 10.6 Å². The molecule has 0 saturated heterocycles. The minimum Gasteiger partial charge on any atom is -0.481 e. The summed E-state index contributed by atoms with van der Waals surface area (Å²) < 4.78 is 0. The summed E-state index contributed by atoms with van der Waals surface area (Å²) in [6, 6.07) is 16.9. The normalized spacial score (nSPS) is 19.5. The molecule has 3 atom stereocenters. The second-order valence-electron chi connectivity index (χ2n) is 5.99. The molecule has 2 amide bonds. The van der Waals surface area contributed by atoms with Gasteiger partial charge in [-0.25, -0.2) is 0 Å². The number of nitrogens with one attached hydrogen (secondary N) is 2. The predicted molar refractivity (Wildman–Crippen MR) is 91.6 cm³/mol. The van der Waals surface area contributed by atoms with E-state index in [4.69, 9.17) is 5.11 Å². The first kappa shape index (κ1) is 16.7. The van der Waals surface area contributed by atoms with Crippen molar-refractivity contribution in [1.82, 2.24) is 5.32 Å². The number of amides is 2. The van der Waals surface area contributed by atoms with Gasteiger partial charge in [0.2, 0.25) is 5.91 Å². The molecule has 1 saturated carbocycles. The van der Waals surface area contributed by atoms with E-state index >= 15 is 0 Å². The lowest BCUT2D eigenvalue weighted by atomic mass is 10.1. The van der Waals surface area contributed by atoms with Crippen LogP contribution in [0.4, 0.5) is 5.69 Å². The summed E-state index contributed by atoms with van der Waals surface area (Å²) in [5.74, 6) is -3.00. The summed E-state index contributed by atoms with van der Waals surface area (Å²) >= 11 is 0. The van der Waals surface area contributed by atoms with Crippen molar-refractivity contribution in [3.05, 3.63) is 66.2 Å². The molecule has 1 aliphatic carbocycles. The van der Waals surface area contributed by atoms with Crippen LogP contribution in [0, 0.1) is 11.8 Å². The fourth-order valence-corrected chi connectivity index (χ4v) is 2.69. The topological polar surface area (TPSA) is 95.5 Å². The van der Waals surface area contributed by atoms with Crippen molar-refractivity contribution in [3.63, 3.8) is 0 Å². The van der Waals surface area contributed by atoms with E-state index < -0.39 is 29.8 Å². The van der Waals surface area contributed by atoms with Crippen LogP contribution < -0.4 is 10.6 Å². The Morgan fingerprint density at radius 3 is 2.08 bits per heavy atom. The van der Waals surface area contributed by atoms with Gasteiger partial charge in [-0.3, -0.25) is 14.4 Å². The first-order valence-electron chi connectivity index (χ1n) is 8.00. The molecule has 0 bridgehead atoms. The summed E-state index contributed by atoms with van der Waals surface area (Å²) in [6.45, 7) is 0. The highest BCUT2D eigenvalue weighted by atomic mass is 16.4. The molecule has 3 rings (SSSR count). The molecular weight excluding hydrogens is 320 g/mol. The highest BCUT2D eigenvalue weighted by Crippen LogP contribution is 2.39. The number of aliphatic carboxylic acids is 1. The molecule has 0 heterocycles. The molecule has 0 aromatic heterocycles. The first-order chi connectivity index (χ1) is 12.1. The Bertz CT molecular complexity index is 777. The predicted octanol–water partition coefficient (Wildman–Crippen LogP) is 2.20. The van der Waals surface area contributed by atoms with Gasteiger partial charge in [0, 0.05) is 5.69 Å². The van der Waals surface area contributed by atoms with Gasteiger partial charge >= 0.3 is 5.97 Å². The molecule has 0 radical (unpaired) electrons. The Morgan fingerprint density at radius 1 is 0.920 bits per heavy atom. The Balaban J connectivity index is 1.75. The van der Waals surface area contributed by atoms with Crippen molar-refractivity contribution < 1.29 is 19.5 Å². The molecule has 1 fully saturated rings. The smallest absolute Gasteiger partial charge is 0.307 e. The average Bonchev–Trinajstić information content (AvgIpc) is 3.42. The number of hydrogen-bond acceptors (Lipinski definition) is 3. The van der Waals surface area contributed by atoms with E-state index in [0.29, 0.717) is 17.7 Å². The summed E-state index contributed by atoms with van der Waals surface area (Å²) in [7, 11) is 0. The molecule has 0 spiro atoms. The van der Waals surface area contributed by atoms with Crippen LogP contribution in [-0.2, 0) is 14.4 Å². The molecule has 3 N–H and O–H groups in total. The molecule has 3 unspecified atom stereocenters. The Kier molecular flexibility index (Phi) is 4.79. The number of carboxylic acids is 1. The van der Waals surface area contributed by atoms with E-state index in [1.807, 2.05) is 12.1 Å². The lowest BCUT2D eigenvalue weighted by Crippen LogP contribution is -2.38. The third-order valence-electron chi connectivity index (χ3n) is 4.17. The monoisotopic (exact) mass is 338 g/mol. The molecule has 1 aliphatic rings. The maximum atomic E-state index is 12.7. The molecule has 128 valence electrons. The number of carbonyl (C=O) groups is 3. The van der Waals surface area contributed by atoms with E-state index in [9.17, 15) is 14.4 Å². The van der Waals surface area contributed by atoms with Crippen molar-refractivity contribution in [2.45, 2.75) is 12.5 Å². The molecule has 0 aliphatic heterocycles. The van der Waals surface area contributed by atoms with Crippen LogP contribution in [-0.4, -0.2) is 22.9 Å². The number of rotatable bonds is 6. The van der Waals surface area contributed by atoms with Gasteiger partial charge in [-0.15, -0.1) is 0 Å². The Morgan fingerprint density at radius 2 is 1.52 bits per heavy atom. The van der Waals surface area contributed by atoms with Crippen LogP contribution in [0.1, 0.15) is 18.0 Å². The van der Waals surface area contributed by atoms with Crippen molar-refractivity contribution >= 4 is 23.5 Å². The van der Waals surface area contributed by atoms with Crippen molar-refractivity contribution in [2.24, 2.45) is 11.8 Å². The zero-order valence-corrected chi connectivity index (χ0v) is 13.4. The summed E-state index contributed by atoms with van der Waals surface area (Å²) in [5.41, 5.74) is 1.26.